The van der Waals surface area contributed by atoms with Gasteiger partial charge in [-0.15, -0.1) is 15.7 Å². The van der Waals surface area contributed by atoms with Gasteiger partial charge in [-0.05, 0) is 23.6 Å². The highest BCUT2D eigenvalue weighted by atomic mass is 35.5. The maximum Gasteiger partial charge on any atom is 0.294 e. The van der Waals surface area contributed by atoms with Crippen LogP contribution in [0.1, 0.15) is 0 Å². The number of hydrogen-bond acceptors (Lipinski definition) is 4. The van der Waals surface area contributed by atoms with Gasteiger partial charge in [0, 0.05) is 7.05 Å². The zero-order chi connectivity index (χ0) is 15.2. The van der Waals surface area contributed by atoms with Crippen molar-refractivity contribution in [2.75, 3.05) is 0 Å². The molecule has 2 heterocycles. The topological polar surface area (TPSA) is 51.4 Å². The molecule has 0 amide bonds. The van der Waals surface area contributed by atoms with Crippen LogP contribution in [0.15, 0.2) is 38.3 Å². The summed E-state index contributed by atoms with van der Waals surface area (Å²) in [7, 11) is -1.99. The summed E-state index contributed by atoms with van der Waals surface area (Å²) in [4.78, 5) is 0.350. The maximum absolute atomic E-state index is 12.2. The molecule has 0 aliphatic heterocycles. The molecule has 0 bridgehead atoms. The van der Waals surface area contributed by atoms with Gasteiger partial charge in [-0.2, -0.15) is 8.42 Å². The number of halogens is 2. The van der Waals surface area contributed by atoms with Crippen molar-refractivity contribution in [3.63, 3.8) is 0 Å². The van der Waals surface area contributed by atoms with Gasteiger partial charge in [-0.25, -0.2) is 0 Å². The van der Waals surface area contributed by atoms with Crippen molar-refractivity contribution in [1.82, 2.24) is 4.57 Å². The number of fused-ring (bicyclic) bond motifs is 1. The first-order chi connectivity index (χ1) is 9.90. The first-order valence-electron chi connectivity index (χ1n) is 5.68. The maximum atomic E-state index is 12.2. The number of aromatic nitrogens is 1. The van der Waals surface area contributed by atoms with E-state index in [2.05, 4.69) is 4.40 Å². The molecule has 0 aliphatic carbocycles. The fraction of sp³-hybridized carbons (Fsp3) is 0.0833. The number of sulfonamides is 1. The predicted octanol–water partition coefficient (Wildman–Crippen LogP) is 3.90. The molecule has 21 heavy (non-hydrogen) atoms. The predicted molar refractivity (Wildman–Crippen MR) is 87.9 cm³/mol. The molecule has 0 fully saturated rings. The van der Waals surface area contributed by atoms with E-state index in [-0.39, 0.29) is 4.21 Å². The third-order valence-electron chi connectivity index (χ3n) is 2.80. The lowest BCUT2D eigenvalue weighted by molar-refractivity contribution is 0.598. The minimum Gasteiger partial charge on any atom is -0.318 e. The summed E-state index contributed by atoms with van der Waals surface area (Å²) in [6.07, 6.45) is 0. The minimum atomic E-state index is -3.71. The molecule has 3 aromatic rings. The number of benzene rings is 1. The standard InChI is InChI=1S/C12H8Cl2N2O2S3/c1-16-11-8(5-4-7(13)10(11)14)20-12(16)15-21(17,18)9-3-2-6-19-9/h2-6H,1H3. The van der Waals surface area contributed by atoms with E-state index in [4.69, 9.17) is 23.2 Å². The minimum absolute atomic E-state index is 0.212. The van der Waals surface area contributed by atoms with E-state index in [1.807, 2.05) is 0 Å². The highest BCUT2D eigenvalue weighted by molar-refractivity contribution is 7.92. The first-order valence-corrected chi connectivity index (χ1v) is 9.57. The molecule has 1 aromatic carbocycles. The summed E-state index contributed by atoms with van der Waals surface area (Å²) in [5, 5.41) is 2.51. The second-order valence-corrected chi connectivity index (χ2v) is 8.72. The first kappa shape index (κ1) is 15.1. The molecule has 0 unspecified atom stereocenters. The van der Waals surface area contributed by atoms with E-state index in [9.17, 15) is 8.42 Å². The quantitative estimate of drug-likeness (QED) is 0.678. The van der Waals surface area contributed by atoms with Gasteiger partial charge in [-0.3, -0.25) is 0 Å². The van der Waals surface area contributed by atoms with Crippen LogP contribution in [0.2, 0.25) is 10.0 Å². The summed E-state index contributed by atoms with van der Waals surface area (Å²) < 4.78 is 31.0. The Morgan fingerprint density at radius 2 is 2.00 bits per heavy atom. The summed E-state index contributed by atoms with van der Waals surface area (Å²) in [6, 6.07) is 6.68. The summed E-state index contributed by atoms with van der Waals surface area (Å²) in [5.74, 6) is 0. The third kappa shape index (κ3) is 2.64. The van der Waals surface area contributed by atoms with Gasteiger partial charge in [0.2, 0.25) is 4.80 Å². The fourth-order valence-corrected chi connectivity index (χ4v) is 5.54. The fourth-order valence-electron chi connectivity index (χ4n) is 1.82. The molecule has 2 aromatic heterocycles. The van der Waals surface area contributed by atoms with E-state index < -0.39 is 10.0 Å². The van der Waals surface area contributed by atoms with Crippen LogP contribution in [0, 0.1) is 0 Å². The van der Waals surface area contributed by atoms with Crippen molar-refractivity contribution in [3.8, 4) is 0 Å². The Kier molecular flexibility index (Phi) is 3.87. The number of thiazole rings is 1. The summed E-state index contributed by atoms with van der Waals surface area (Å²) in [6.45, 7) is 0. The molecule has 0 aliphatic rings. The van der Waals surface area contributed by atoms with E-state index in [1.165, 1.54) is 17.4 Å². The number of nitrogens with zero attached hydrogens (tertiary/aromatic N) is 2. The van der Waals surface area contributed by atoms with E-state index >= 15 is 0 Å². The van der Waals surface area contributed by atoms with Gasteiger partial charge in [0.05, 0.1) is 20.3 Å². The van der Waals surface area contributed by atoms with E-state index in [1.54, 1.807) is 35.2 Å². The zero-order valence-electron chi connectivity index (χ0n) is 10.6. The average molecular weight is 379 g/mol. The second kappa shape index (κ2) is 5.40. The Balaban J connectivity index is 2.30. The highest BCUT2D eigenvalue weighted by Gasteiger charge is 2.16. The SMILES string of the molecule is Cn1c(=NS(=O)(=O)c2cccs2)sc2ccc(Cl)c(Cl)c21. The Morgan fingerprint density at radius 3 is 2.67 bits per heavy atom. The van der Waals surface area contributed by atoms with Crippen LogP contribution >= 0.6 is 45.9 Å². The van der Waals surface area contributed by atoms with Crippen molar-refractivity contribution in [2.24, 2.45) is 11.4 Å². The number of thiophene rings is 1. The molecule has 0 N–H and O–H groups in total. The van der Waals surface area contributed by atoms with Crippen LogP contribution in [0.5, 0.6) is 0 Å². The number of aryl methyl sites for hydroxylation is 1. The zero-order valence-corrected chi connectivity index (χ0v) is 14.5. The summed E-state index contributed by atoms with van der Waals surface area (Å²) >= 11 is 14.6. The lowest BCUT2D eigenvalue weighted by atomic mass is 10.3. The van der Waals surface area contributed by atoms with Gasteiger partial charge in [0.25, 0.3) is 10.0 Å². The van der Waals surface area contributed by atoms with Gasteiger partial charge >= 0.3 is 0 Å². The van der Waals surface area contributed by atoms with Crippen LogP contribution in [-0.2, 0) is 17.1 Å². The molecule has 110 valence electrons. The third-order valence-corrected chi connectivity index (χ3v) is 7.45. The Morgan fingerprint density at radius 1 is 1.24 bits per heavy atom. The Labute approximate surface area is 139 Å². The van der Waals surface area contributed by atoms with Gasteiger partial charge in [0.1, 0.15) is 4.21 Å². The second-order valence-electron chi connectivity index (χ2n) is 4.15. The highest BCUT2D eigenvalue weighted by Crippen LogP contribution is 2.31. The summed E-state index contributed by atoms with van der Waals surface area (Å²) in [5.41, 5.74) is 0.675. The number of hydrogen-bond donors (Lipinski definition) is 0. The molecule has 0 saturated carbocycles. The van der Waals surface area contributed by atoms with Crippen LogP contribution in [-0.4, -0.2) is 13.0 Å². The van der Waals surface area contributed by atoms with Crippen molar-refractivity contribution in [1.29, 1.82) is 0 Å². The lowest BCUT2D eigenvalue weighted by Crippen LogP contribution is -2.13. The van der Waals surface area contributed by atoms with Crippen molar-refractivity contribution >= 4 is 66.1 Å². The Bertz CT molecular complexity index is 986. The molecule has 0 radical (unpaired) electrons. The largest absolute Gasteiger partial charge is 0.318 e. The molecule has 3 rings (SSSR count). The molecule has 0 atom stereocenters. The van der Waals surface area contributed by atoms with E-state index in [0.29, 0.717) is 20.4 Å². The molecule has 0 spiro atoms. The Hall–Kier alpha value is -0.860. The van der Waals surface area contributed by atoms with Crippen molar-refractivity contribution in [2.45, 2.75) is 4.21 Å². The molecule has 4 nitrogen and oxygen atoms in total. The van der Waals surface area contributed by atoms with Crippen molar-refractivity contribution < 1.29 is 8.42 Å². The van der Waals surface area contributed by atoms with Crippen molar-refractivity contribution in [3.05, 3.63) is 44.5 Å². The molecule has 0 saturated heterocycles. The number of rotatable bonds is 2. The lowest BCUT2D eigenvalue weighted by Gasteiger charge is -2.00. The van der Waals surface area contributed by atoms with Crippen LogP contribution in [0.25, 0.3) is 10.2 Å². The van der Waals surface area contributed by atoms with Gasteiger partial charge in [0.15, 0.2) is 0 Å². The van der Waals surface area contributed by atoms with Gasteiger partial charge < -0.3 is 4.57 Å². The van der Waals surface area contributed by atoms with Crippen LogP contribution in [0.3, 0.4) is 0 Å². The smallest absolute Gasteiger partial charge is 0.294 e. The molecular formula is C12H8Cl2N2O2S3. The van der Waals surface area contributed by atoms with Crippen LogP contribution < -0.4 is 4.80 Å². The monoisotopic (exact) mass is 378 g/mol. The normalized spacial score (nSPS) is 13.2. The average Bonchev–Trinajstić information content (AvgIpc) is 3.04. The van der Waals surface area contributed by atoms with Crippen LogP contribution in [0.4, 0.5) is 0 Å². The van der Waals surface area contributed by atoms with Gasteiger partial charge in [-0.1, -0.05) is 40.6 Å². The molecular weight excluding hydrogens is 371 g/mol. The molecule has 9 heteroatoms. The van der Waals surface area contributed by atoms with E-state index in [0.717, 1.165) is 16.0 Å².